The van der Waals surface area contributed by atoms with Gasteiger partial charge in [-0.25, -0.2) is 4.98 Å². The highest BCUT2D eigenvalue weighted by atomic mass is 19.4. The van der Waals surface area contributed by atoms with E-state index < -0.39 is 11.7 Å². The summed E-state index contributed by atoms with van der Waals surface area (Å²) < 4.78 is 38.9. The fourth-order valence-corrected chi connectivity index (χ4v) is 5.53. The number of rotatable bonds is 2. The molecular formula is C27H23F3N4O. The SMILES string of the molecule is O=C1CC2(CCN(c3ccc(C4=NCc5cc(C(F)(F)F)ccc5N4)cn3)CC2)c2ccccc21. The predicted molar refractivity (Wildman–Crippen MR) is 128 cm³/mol. The summed E-state index contributed by atoms with van der Waals surface area (Å²) in [4.78, 5) is 23.8. The van der Waals surface area contributed by atoms with Crippen LogP contribution in [0.2, 0.25) is 0 Å². The third-order valence-electron chi connectivity index (χ3n) is 7.46. The lowest BCUT2D eigenvalue weighted by Crippen LogP contribution is -2.42. The van der Waals surface area contributed by atoms with Crippen molar-refractivity contribution in [1.82, 2.24) is 4.98 Å². The maximum atomic E-state index is 13.0. The van der Waals surface area contributed by atoms with Crippen LogP contribution >= 0.6 is 0 Å². The average Bonchev–Trinajstić information content (AvgIpc) is 3.14. The lowest BCUT2D eigenvalue weighted by molar-refractivity contribution is -0.137. The summed E-state index contributed by atoms with van der Waals surface area (Å²) in [6.07, 6.45) is -0.225. The molecule has 5 nitrogen and oxygen atoms in total. The Morgan fingerprint density at radius 3 is 2.54 bits per heavy atom. The minimum absolute atomic E-state index is 0.0652. The second kappa shape index (κ2) is 7.93. The highest BCUT2D eigenvalue weighted by Gasteiger charge is 2.45. The highest BCUT2D eigenvalue weighted by Crippen LogP contribution is 2.46. The van der Waals surface area contributed by atoms with Crippen LogP contribution in [0, 0.1) is 0 Å². The molecule has 0 bridgehead atoms. The Morgan fingerprint density at radius 1 is 1.00 bits per heavy atom. The number of aromatic nitrogens is 1. The number of pyridine rings is 1. The lowest BCUT2D eigenvalue weighted by atomic mass is 9.74. The largest absolute Gasteiger partial charge is 0.416 e. The van der Waals surface area contributed by atoms with Gasteiger partial charge in [-0.2, -0.15) is 13.2 Å². The molecule has 2 aromatic carbocycles. The third kappa shape index (κ3) is 3.77. The summed E-state index contributed by atoms with van der Waals surface area (Å²) in [6.45, 7) is 1.82. The van der Waals surface area contributed by atoms with E-state index in [-0.39, 0.29) is 17.7 Å². The van der Waals surface area contributed by atoms with E-state index in [1.54, 1.807) is 6.20 Å². The molecule has 0 atom stereocenters. The molecule has 6 rings (SSSR count). The van der Waals surface area contributed by atoms with Gasteiger partial charge in [0.05, 0.1) is 12.1 Å². The van der Waals surface area contributed by atoms with Gasteiger partial charge in [0, 0.05) is 47.9 Å². The number of amidine groups is 1. The number of anilines is 2. The van der Waals surface area contributed by atoms with Crippen molar-refractivity contribution in [2.24, 2.45) is 4.99 Å². The number of alkyl halides is 3. The number of hydrogen-bond acceptors (Lipinski definition) is 5. The topological polar surface area (TPSA) is 57.6 Å². The molecule has 0 amide bonds. The summed E-state index contributed by atoms with van der Waals surface area (Å²) in [5, 5.41) is 3.13. The van der Waals surface area contributed by atoms with Crippen LogP contribution in [0.1, 0.15) is 51.9 Å². The maximum Gasteiger partial charge on any atom is 0.416 e. The molecule has 1 saturated heterocycles. The molecule has 2 aliphatic heterocycles. The Balaban J connectivity index is 1.14. The van der Waals surface area contributed by atoms with E-state index >= 15 is 0 Å². The monoisotopic (exact) mass is 476 g/mol. The number of aliphatic imine (C=N–C) groups is 1. The van der Waals surface area contributed by atoms with E-state index in [0.29, 0.717) is 23.5 Å². The predicted octanol–water partition coefficient (Wildman–Crippen LogP) is 5.60. The van der Waals surface area contributed by atoms with Crippen LogP contribution in [-0.4, -0.2) is 29.7 Å². The van der Waals surface area contributed by atoms with E-state index in [2.05, 4.69) is 26.3 Å². The Bertz CT molecular complexity index is 1340. The number of nitrogens with one attached hydrogen (secondary N) is 1. The molecule has 3 heterocycles. The number of piperidine rings is 1. The number of nitrogens with zero attached hydrogens (tertiary/aromatic N) is 3. The highest BCUT2D eigenvalue weighted by molar-refractivity contribution is 6.09. The second-order valence-electron chi connectivity index (χ2n) is 9.48. The first kappa shape index (κ1) is 21.8. The van der Waals surface area contributed by atoms with Crippen LogP contribution < -0.4 is 10.2 Å². The Labute approximate surface area is 200 Å². The normalized spacial score (nSPS) is 18.7. The van der Waals surface area contributed by atoms with E-state index in [1.807, 2.05) is 30.3 Å². The van der Waals surface area contributed by atoms with Crippen molar-refractivity contribution in [2.75, 3.05) is 23.3 Å². The third-order valence-corrected chi connectivity index (χ3v) is 7.46. The first-order valence-corrected chi connectivity index (χ1v) is 11.7. The van der Waals surface area contributed by atoms with Gasteiger partial charge in [0.1, 0.15) is 11.7 Å². The number of carbonyl (C=O) groups is 1. The second-order valence-corrected chi connectivity index (χ2v) is 9.48. The smallest absolute Gasteiger partial charge is 0.357 e. The van der Waals surface area contributed by atoms with Crippen molar-refractivity contribution in [3.05, 3.63) is 88.6 Å². The number of carbonyl (C=O) groups excluding carboxylic acids is 1. The molecule has 8 heteroatoms. The first-order chi connectivity index (χ1) is 16.8. The van der Waals surface area contributed by atoms with Gasteiger partial charge in [-0.1, -0.05) is 24.3 Å². The van der Waals surface area contributed by atoms with E-state index in [4.69, 9.17) is 0 Å². The first-order valence-electron chi connectivity index (χ1n) is 11.7. The molecule has 0 unspecified atom stereocenters. The number of fused-ring (bicyclic) bond motifs is 3. The van der Waals surface area contributed by atoms with Gasteiger partial charge in [0.15, 0.2) is 5.78 Å². The zero-order chi connectivity index (χ0) is 24.2. The van der Waals surface area contributed by atoms with Gasteiger partial charge < -0.3 is 10.2 Å². The molecular weight excluding hydrogens is 453 g/mol. The summed E-state index contributed by atoms with van der Waals surface area (Å²) in [7, 11) is 0. The number of ketones is 1. The standard InChI is InChI=1S/C27H23F3N4O/c28-27(29,30)19-6-7-22-18(13-19)16-32-25(33-22)17-5-8-24(31-15-17)34-11-9-26(10-12-34)14-23(35)20-3-1-2-4-21(20)26/h1-8,13,15H,9-12,14,16H2,(H,32,33). The zero-order valence-corrected chi connectivity index (χ0v) is 18.9. The van der Waals surface area contributed by atoms with E-state index in [0.717, 1.165) is 55.0 Å². The van der Waals surface area contributed by atoms with Crippen LogP contribution in [0.5, 0.6) is 0 Å². The molecule has 0 saturated carbocycles. The molecule has 1 aliphatic carbocycles. The molecule has 1 aromatic heterocycles. The fraction of sp³-hybridized carbons (Fsp3) is 0.296. The van der Waals surface area contributed by atoms with Gasteiger partial charge in [0.25, 0.3) is 0 Å². The Kier molecular flexibility index (Phi) is 4.95. The Morgan fingerprint density at radius 2 is 1.80 bits per heavy atom. The molecule has 3 aromatic rings. The van der Waals surface area contributed by atoms with Crippen molar-refractivity contribution in [1.29, 1.82) is 0 Å². The van der Waals surface area contributed by atoms with Crippen LogP contribution in [0.4, 0.5) is 24.7 Å². The zero-order valence-electron chi connectivity index (χ0n) is 18.9. The van der Waals surface area contributed by atoms with Crippen molar-refractivity contribution >= 4 is 23.1 Å². The van der Waals surface area contributed by atoms with Gasteiger partial charge in [-0.3, -0.25) is 9.79 Å². The Hall–Kier alpha value is -3.68. The van der Waals surface area contributed by atoms with Crippen LogP contribution in [0.15, 0.2) is 65.8 Å². The van der Waals surface area contributed by atoms with Crippen LogP contribution in [0.25, 0.3) is 0 Å². The van der Waals surface area contributed by atoms with Crippen molar-refractivity contribution in [2.45, 2.75) is 37.4 Å². The number of benzene rings is 2. The number of halogens is 3. The molecule has 35 heavy (non-hydrogen) atoms. The summed E-state index contributed by atoms with van der Waals surface area (Å²) in [5.41, 5.74) is 3.25. The number of hydrogen-bond donors (Lipinski definition) is 1. The quantitative estimate of drug-likeness (QED) is 0.523. The maximum absolute atomic E-state index is 13.0. The summed E-state index contributed by atoms with van der Waals surface area (Å²) >= 11 is 0. The minimum Gasteiger partial charge on any atom is -0.357 e. The fourth-order valence-electron chi connectivity index (χ4n) is 5.53. The van der Waals surface area contributed by atoms with Gasteiger partial charge in [-0.15, -0.1) is 0 Å². The molecule has 1 fully saturated rings. The van der Waals surface area contributed by atoms with E-state index in [1.165, 1.54) is 11.6 Å². The lowest BCUT2D eigenvalue weighted by Gasteiger charge is -2.40. The average molecular weight is 477 g/mol. The molecule has 0 radical (unpaired) electrons. The molecule has 178 valence electrons. The van der Waals surface area contributed by atoms with Crippen molar-refractivity contribution in [3.63, 3.8) is 0 Å². The van der Waals surface area contributed by atoms with Crippen molar-refractivity contribution in [3.8, 4) is 0 Å². The van der Waals surface area contributed by atoms with Crippen molar-refractivity contribution < 1.29 is 18.0 Å². The van der Waals surface area contributed by atoms with Crippen LogP contribution in [-0.2, 0) is 18.1 Å². The van der Waals surface area contributed by atoms with Gasteiger partial charge >= 0.3 is 6.18 Å². The molecule has 3 aliphatic rings. The molecule has 1 N–H and O–H groups in total. The molecule has 1 spiro atoms. The van der Waals surface area contributed by atoms with Gasteiger partial charge in [0.2, 0.25) is 0 Å². The van der Waals surface area contributed by atoms with Crippen LogP contribution in [0.3, 0.4) is 0 Å². The summed E-state index contributed by atoms with van der Waals surface area (Å²) in [5.74, 6) is 1.70. The number of Topliss-reactive ketones (excluding diaryl/α,β-unsaturated/α-hetero) is 1. The minimum atomic E-state index is -4.37. The van der Waals surface area contributed by atoms with E-state index in [9.17, 15) is 18.0 Å². The van der Waals surface area contributed by atoms with Gasteiger partial charge in [-0.05, 0) is 54.3 Å². The summed E-state index contributed by atoms with van der Waals surface area (Å²) in [6, 6.07) is 15.5.